The number of carboxylic acids is 1. The summed E-state index contributed by atoms with van der Waals surface area (Å²) in [5.74, 6) is -1.62. The summed E-state index contributed by atoms with van der Waals surface area (Å²) in [5, 5.41) is 10.9. The van der Waals surface area contributed by atoms with Crippen LogP contribution in [0.2, 0.25) is 0 Å². The van der Waals surface area contributed by atoms with Gasteiger partial charge in [-0.15, -0.1) is 0 Å². The molecule has 1 heterocycles. The van der Waals surface area contributed by atoms with Crippen LogP contribution < -0.4 is 5.32 Å². The first kappa shape index (κ1) is 11.8. The van der Waals surface area contributed by atoms with E-state index in [0.29, 0.717) is 12.1 Å². The molecular weight excluding hydrogens is 236 g/mol. The molecule has 1 amide bonds. The summed E-state index contributed by atoms with van der Waals surface area (Å²) >= 11 is 0. The fourth-order valence-electron chi connectivity index (χ4n) is 1.40. The van der Waals surface area contributed by atoms with Crippen molar-refractivity contribution in [3.8, 4) is 0 Å². The molecule has 2 rings (SSSR count). The van der Waals surface area contributed by atoms with E-state index < -0.39 is 11.9 Å². The minimum atomic E-state index is -1.16. The Bertz CT molecular complexity index is 615. The Morgan fingerprint density at radius 2 is 2.22 bits per heavy atom. The molecule has 18 heavy (non-hydrogen) atoms. The molecule has 0 spiro atoms. The molecule has 0 radical (unpaired) electrons. The van der Waals surface area contributed by atoms with Gasteiger partial charge in [0.15, 0.2) is 12.0 Å². The fraction of sp³-hybridized carbons (Fsp3) is 0.0833. The molecule has 0 saturated heterocycles. The highest BCUT2D eigenvalue weighted by molar-refractivity contribution is 5.93. The Morgan fingerprint density at radius 3 is 3.00 bits per heavy atom. The highest BCUT2D eigenvalue weighted by atomic mass is 16.4. The minimum absolute atomic E-state index is 0.291. The maximum atomic E-state index is 11.2. The van der Waals surface area contributed by atoms with Crippen molar-refractivity contribution in [2.24, 2.45) is 0 Å². The molecule has 2 aromatic rings. The number of oxazole rings is 1. The van der Waals surface area contributed by atoms with Gasteiger partial charge in [-0.1, -0.05) is 6.07 Å². The molecule has 0 atom stereocenters. The molecule has 0 unspecified atom stereocenters. The number of aromatic nitrogens is 1. The molecule has 6 nitrogen and oxygen atoms in total. The van der Waals surface area contributed by atoms with E-state index in [4.69, 9.17) is 9.52 Å². The Hall–Kier alpha value is -2.63. The lowest BCUT2D eigenvalue weighted by Gasteiger charge is -2.01. The molecule has 0 fully saturated rings. The SMILES string of the molecule is O=C(O)/C=C/C(=O)NCc1ccc2ncoc2c1. The summed E-state index contributed by atoms with van der Waals surface area (Å²) in [4.78, 5) is 25.4. The van der Waals surface area contributed by atoms with Crippen LogP contribution in [0.3, 0.4) is 0 Å². The highest BCUT2D eigenvalue weighted by Gasteiger charge is 2.01. The summed E-state index contributed by atoms with van der Waals surface area (Å²) < 4.78 is 5.13. The lowest BCUT2D eigenvalue weighted by molar-refractivity contribution is -0.131. The second-order valence-corrected chi connectivity index (χ2v) is 3.54. The number of hydrogen-bond donors (Lipinski definition) is 2. The fourth-order valence-corrected chi connectivity index (χ4v) is 1.40. The first-order valence-electron chi connectivity index (χ1n) is 5.16. The van der Waals surface area contributed by atoms with E-state index in [-0.39, 0.29) is 0 Å². The molecule has 0 saturated carbocycles. The number of nitrogens with one attached hydrogen (secondary N) is 1. The second-order valence-electron chi connectivity index (χ2n) is 3.54. The van der Waals surface area contributed by atoms with Gasteiger partial charge in [-0.05, 0) is 17.7 Å². The average molecular weight is 246 g/mol. The maximum Gasteiger partial charge on any atom is 0.328 e. The number of aliphatic carboxylic acids is 1. The van der Waals surface area contributed by atoms with Gasteiger partial charge < -0.3 is 14.8 Å². The average Bonchev–Trinajstić information content (AvgIpc) is 2.81. The number of nitrogens with zero attached hydrogens (tertiary/aromatic N) is 1. The Morgan fingerprint density at radius 1 is 1.39 bits per heavy atom. The minimum Gasteiger partial charge on any atom is -0.478 e. The highest BCUT2D eigenvalue weighted by Crippen LogP contribution is 2.13. The predicted molar refractivity (Wildman–Crippen MR) is 62.6 cm³/mol. The number of carbonyl (C=O) groups is 2. The third kappa shape index (κ3) is 2.94. The summed E-state index contributed by atoms with van der Waals surface area (Å²) in [7, 11) is 0. The van der Waals surface area contributed by atoms with Gasteiger partial charge in [-0.25, -0.2) is 9.78 Å². The molecule has 0 bridgehead atoms. The van der Waals surface area contributed by atoms with Crippen LogP contribution in [0.4, 0.5) is 0 Å². The number of carboxylic acid groups (broad SMARTS) is 1. The molecule has 2 N–H and O–H groups in total. The summed E-state index contributed by atoms with van der Waals surface area (Å²) in [6.07, 6.45) is 3.10. The number of carbonyl (C=O) groups excluding carboxylic acids is 1. The molecule has 0 aliphatic heterocycles. The normalized spacial score (nSPS) is 10.9. The van der Waals surface area contributed by atoms with Crippen LogP contribution in [0.25, 0.3) is 11.1 Å². The second kappa shape index (κ2) is 5.13. The lowest BCUT2D eigenvalue weighted by atomic mass is 10.2. The van der Waals surface area contributed by atoms with Crippen molar-refractivity contribution in [2.45, 2.75) is 6.54 Å². The van der Waals surface area contributed by atoms with Crippen molar-refractivity contribution in [1.29, 1.82) is 0 Å². The van der Waals surface area contributed by atoms with Crippen molar-refractivity contribution >= 4 is 23.0 Å². The van der Waals surface area contributed by atoms with Crippen LogP contribution in [0, 0.1) is 0 Å². The van der Waals surface area contributed by atoms with Gasteiger partial charge in [0.1, 0.15) is 5.52 Å². The number of amides is 1. The standard InChI is InChI=1S/C12H10N2O4/c15-11(3-4-12(16)17)13-6-8-1-2-9-10(5-8)18-7-14-9/h1-5,7H,6H2,(H,13,15)(H,16,17)/b4-3+. The molecule has 92 valence electrons. The third-order valence-corrected chi connectivity index (χ3v) is 2.24. The van der Waals surface area contributed by atoms with Crippen molar-refractivity contribution < 1.29 is 19.1 Å². The zero-order valence-corrected chi connectivity index (χ0v) is 9.29. The van der Waals surface area contributed by atoms with Gasteiger partial charge in [-0.3, -0.25) is 4.79 Å². The summed E-state index contributed by atoms with van der Waals surface area (Å²) in [6, 6.07) is 5.36. The number of rotatable bonds is 4. The van der Waals surface area contributed by atoms with E-state index >= 15 is 0 Å². The van der Waals surface area contributed by atoms with E-state index in [0.717, 1.165) is 23.2 Å². The first-order valence-corrected chi connectivity index (χ1v) is 5.16. The maximum absolute atomic E-state index is 11.2. The number of benzene rings is 1. The number of hydrogen-bond acceptors (Lipinski definition) is 4. The van der Waals surface area contributed by atoms with Crippen molar-refractivity contribution in [3.05, 3.63) is 42.3 Å². The predicted octanol–water partition coefficient (Wildman–Crippen LogP) is 1.08. The smallest absolute Gasteiger partial charge is 0.328 e. The van der Waals surface area contributed by atoms with Crippen LogP contribution in [0.15, 0.2) is 41.2 Å². The van der Waals surface area contributed by atoms with E-state index in [1.165, 1.54) is 6.39 Å². The zero-order valence-electron chi connectivity index (χ0n) is 9.29. The Balaban J connectivity index is 1.97. The molecule has 0 aliphatic rings. The third-order valence-electron chi connectivity index (χ3n) is 2.24. The molecule has 0 aliphatic carbocycles. The van der Waals surface area contributed by atoms with E-state index in [2.05, 4.69) is 10.3 Å². The largest absolute Gasteiger partial charge is 0.478 e. The summed E-state index contributed by atoms with van der Waals surface area (Å²) in [5.41, 5.74) is 2.23. The van der Waals surface area contributed by atoms with E-state index in [1.54, 1.807) is 12.1 Å². The Kier molecular flexibility index (Phi) is 3.38. The zero-order chi connectivity index (χ0) is 13.0. The van der Waals surface area contributed by atoms with E-state index in [9.17, 15) is 9.59 Å². The van der Waals surface area contributed by atoms with Crippen LogP contribution in [0.1, 0.15) is 5.56 Å². The van der Waals surface area contributed by atoms with Crippen LogP contribution >= 0.6 is 0 Å². The number of fused-ring (bicyclic) bond motifs is 1. The monoisotopic (exact) mass is 246 g/mol. The van der Waals surface area contributed by atoms with Gasteiger partial charge >= 0.3 is 5.97 Å². The topological polar surface area (TPSA) is 92.4 Å². The lowest BCUT2D eigenvalue weighted by Crippen LogP contribution is -2.20. The van der Waals surface area contributed by atoms with Crippen LogP contribution in [-0.4, -0.2) is 22.0 Å². The van der Waals surface area contributed by atoms with Crippen LogP contribution in [-0.2, 0) is 16.1 Å². The molecule has 6 heteroatoms. The summed E-state index contributed by atoms with van der Waals surface area (Å²) in [6.45, 7) is 0.291. The van der Waals surface area contributed by atoms with Gasteiger partial charge in [0.05, 0.1) is 0 Å². The van der Waals surface area contributed by atoms with Gasteiger partial charge in [-0.2, -0.15) is 0 Å². The van der Waals surface area contributed by atoms with Crippen molar-refractivity contribution in [1.82, 2.24) is 10.3 Å². The van der Waals surface area contributed by atoms with E-state index in [1.807, 2.05) is 6.07 Å². The molecule has 1 aromatic carbocycles. The molecule has 1 aromatic heterocycles. The van der Waals surface area contributed by atoms with Crippen LogP contribution in [0.5, 0.6) is 0 Å². The van der Waals surface area contributed by atoms with Crippen molar-refractivity contribution in [2.75, 3.05) is 0 Å². The quantitative estimate of drug-likeness (QED) is 0.787. The van der Waals surface area contributed by atoms with Gasteiger partial charge in [0.25, 0.3) is 0 Å². The van der Waals surface area contributed by atoms with Crippen molar-refractivity contribution in [3.63, 3.8) is 0 Å². The Labute approximate surface area is 102 Å². The molecular formula is C12H10N2O4. The van der Waals surface area contributed by atoms with Gasteiger partial charge in [0, 0.05) is 18.7 Å². The van der Waals surface area contributed by atoms with Gasteiger partial charge in [0.2, 0.25) is 5.91 Å². The first-order chi connectivity index (χ1) is 8.65.